The van der Waals surface area contributed by atoms with E-state index in [4.69, 9.17) is 4.98 Å². The maximum absolute atomic E-state index is 13.1. The first kappa shape index (κ1) is 22.3. The van der Waals surface area contributed by atoms with Crippen LogP contribution in [0, 0.1) is 11.8 Å². The minimum Gasteiger partial charge on any atom is -0.356 e. The highest BCUT2D eigenvalue weighted by Crippen LogP contribution is 2.39. The molecule has 2 amide bonds. The quantitative estimate of drug-likeness (QED) is 0.687. The number of hydrogen-bond donors (Lipinski definition) is 0. The molecule has 34 heavy (non-hydrogen) atoms. The first-order valence-corrected chi connectivity index (χ1v) is 13.7. The number of carbonyl (C=O) groups excluding carboxylic acids is 2. The Labute approximate surface area is 203 Å². The van der Waals surface area contributed by atoms with Crippen LogP contribution >= 0.6 is 0 Å². The van der Waals surface area contributed by atoms with Crippen LogP contribution in [0.5, 0.6) is 0 Å². The van der Waals surface area contributed by atoms with Crippen LogP contribution in [0.25, 0.3) is 0 Å². The van der Waals surface area contributed by atoms with E-state index in [1.807, 2.05) is 17.0 Å². The predicted octanol–water partition coefficient (Wildman–Crippen LogP) is 3.01. The second kappa shape index (κ2) is 9.48. The number of piperidine rings is 3. The lowest BCUT2D eigenvalue weighted by atomic mass is 9.76. The van der Waals surface area contributed by atoms with Gasteiger partial charge in [0.25, 0.3) is 5.91 Å². The molecule has 4 aliphatic heterocycles. The van der Waals surface area contributed by atoms with Gasteiger partial charge in [0.15, 0.2) is 0 Å². The van der Waals surface area contributed by atoms with Gasteiger partial charge in [-0.1, -0.05) is 19.3 Å². The second-order valence-corrected chi connectivity index (χ2v) is 11.3. The Balaban J connectivity index is 1.06. The highest BCUT2D eigenvalue weighted by atomic mass is 16.2. The van der Waals surface area contributed by atoms with Gasteiger partial charge in [-0.05, 0) is 56.1 Å². The molecule has 0 N–H and O–H groups in total. The zero-order valence-electron chi connectivity index (χ0n) is 20.4. The van der Waals surface area contributed by atoms with Gasteiger partial charge in [0, 0.05) is 70.5 Å². The largest absolute Gasteiger partial charge is 0.356 e. The van der Waals surface area contributed by atoms with E-state index >= 15 is 0 Å². The molecule has 5 fully saturated rings. The number of anilines is 1. The second-order valence-electron chi connectivity index (χ2n) is 11.3. The van der Waals surface area contributed by atoms with Gasteiger partial charge in [0.2, 0.25) is 5.91 Å². The summed E-state index contributed by atoms with van der Waals surface area (Å²) >= 11 is 0. The Morgan fingerprint density at radius 3 is 2.50 bits per heavy atom. The first-order chi connectivity index (χ1) is 16.7. The number of nitrogens with zero attached hydrogens (tertiary/aromatic N) is 5. The van der Waals surface area contributed by atoms with E-state index in [-0.39, 0.29) is 5.91 Å². The van der Waals surface area contributed by atoms with Crippen molar-refractivity contribution in [2.75, 3.05) is 50.7 Å². The van der Waals surface area contributed by atoms with E-state index in [0.29, 0.717) is 29.3 Å². The predicted molar refractivity (Wildman–Crippen MR) is 132 cm³/mol. The van der Waals surface area contributed by atoms with Gasteiger partial charge in [-0.3, -0.25) is 14.5 Å². The van der Waals surface area contributed by atoms with Gasteiger partial charge in [-0.2, -0.15) is 0 Å². The summed E-state index contributed by atoms with van der Waals surface area (Å²) in [6.07, 6.45) is 12.7. The van der Waals surface area contributed by atoms with E-state index in [1.54, 1.807) is 6.20 Å². The summed E-state index contributed by atoms with van der Waals surface area (Å²) in [6.45, 7) is 6.47. The molecule has 1 aromatic heterocycles. The molecule has 1 saturated carbocycles. The van der Waals surface area contributed by atoms with Gasteiger partial charge < -0.3 is 14.7 Å². The fourth-order valence-electron chi connectivity index (χ4n) is 7.42. The fourth-order valence-corrected chi connectivity index (χ4v) is 7.42. The van der Waals surface area contributed by atoms with Crippen molar-refractivity contribution >= 4 is 17.6 Å². The van der Waals surface area contributed by atoms with E-state index in [1.165, 1.54) is 38.5 Å². The summed E-state index contributed by atoms with van der Waals surface area (Å²) in [4.78, 5) is 39.5. The fraction of sp³-hybridized carbons (Fsp3) is 0.741. The Kier molecular flexibility index (Phi) is 6.22. The molecule has 5 aliphatic rings. The van der Waals surface area contributed by atoms with Crippen molar-refractivity contribution < 1.29 is 9.59 Å². The van der Waals surface area contributed by atoms with Crippen LogP contribution in [0.1, 0.15) is 68.1 Å². The van der Waals surface area contributed by atoms with Gasteiger partial charge in [-0.15, -0.1) is 0 Å². The van der Waals surface area contributed by atoms with E-state index in [9.17, 15) is 9.59 Å². The third kappa shape index (κ3) is 4.32. The zero-order chi connectivity index (χ0) is 23.1. The van der Waals surface area contributed by atoms with Crippen LogP contribution in [0.2, 0.25) is 0 Å². The van der Waals surface area contributed by atoms with Crippen molar-refractivity contribution in [3.8, 4) is 0 Å². The summed E-state index contributed by atoms with van der Waals surface area (Å²) in [7, 11) is 0. The number of rotatable bonds is 3. The lowest BCUT2D eigenvalue weighted by Crippen LogP contribution is -2.60. The van der Waals surface area contributed by atoms with Crippen LogP contribution < -0.4 is 4.90 Å². The van der Waals surface area contributed by atoms with Crippen LogP contribution in [0.4, 0.5) is 5.82 Å². The van der Waals surface area contributed by atoms with Crippen LogP contribution in [-0.4, -0.2) is 89.4 Å². The topological polar surface area (TPSA) is 60.0 Å². The molecule has 184 valence electrons. The average Bonchev–Trinajstić information content (AvgIpc) is 2.89. The number of hydrogen-bond acceptors (Lipinski definition) is 5. The standard InChI is InChI=1S/C27H39N5O2/c33-26-8-4-7-24-22-15-20(18-32(24)26)17-31(19-22)25-10-9-21(16-28-25)27(34)30-13-11-29(12-14-30)23-5-2-1-3-6-23/h9-10,16,20,22-24H,1-8,11-15,17-19H2/t20?,22?,24-/m1/s1. The number of carbonyl (C=O) groups is 2. The van der Waals surface area contributed by atoms with E-state index in [0.717, 1.165) is 76.9 Å². The molecule has 1 aliphatic carbocycles. The lowest BCUT2D eigenvalue weighted by Gasteiger charge is -2.52. The summed E-state index contributed by atoms with van der Waals surface area (Å²) in [5.41, 5.74) is 0.705. The van der Waals surface area contributed by atoms with Gasteiger partial charge in [0.05, 0.1) is 5.56 Å². The van der Waals surface area contributed by atoms with Crippen LogP contribution in [0.3, 0.4) is 0 Å². The third-order valence-corrected chi connectivity index (χ3v) is 9.19. The number of amides is 2. The Bertz CT molecular complexity index is 891. The smallest absolute Gasteiger partial charge is 0.255 e. The first-order valence-electron chi connectivity index (χ1n) is 13.7. The molecule has 4 saturated heterocycles. The molecule has 3 atom stereocenters. The Morgan fingerprint density at radius 2 is 1.74 bits per heavy atom. The van der Waals surface area contributed by atoms with Crippen molar-refractivity contribution in [2.24, 2.45) is 11.8 Å². The minimum absolute atomic E-state index is 0.120. The highest BCUT2D eigenvalue weighted by Gasteiger charge is 2.44. The summed E-state index contributed by atoms with van der Waals surface area (Å²) in [5.74, 6) is 2.53. The highest BCUT2D eigenvalue weighted by molar-refractivity contribution is 5.94. The molecular weight excluding hydrogens is 426 g/mol. The summed E-state index contributed by atoms with van der Waals surface area (Å²) in [5, 5.41) is 0. The SMILES string of the molecule is O=C(c1ccc(N2CC3CC(C2)[C@H]2CCCC(=O)N2C3)nc1)N1CCN(C2CCCCC2)CC1. The van der Waals surface area contributed by atoms with Crippen molar-refractivity contribution in [2.45, 2.75) is 69.9 Å². The van der Waals surface area contributed by atoms with Crippen LogP contribution in [-0.2, 0) is 4.79 Å². The van der Waals surface area contributed by atoms with Crippen molar-refractivity contribution in [1.82, 2.24) is 19.7 Å². The number of piperazine rings is 1. The molecule has 2 bridgehead atoms. The molecule has 0 radical (unpaired) electrons. The van der Waals surface area contributed by atoms with Crippen molar-refractivity contribution in [1.29, 1.82) is 0 Å². The maximum Gasteiger partial charge on any atom is 0.255 e. The maximum atomic E-state index is 13.1. The molecule has 7 heteroatoms. The van der Waals surface area contributed by atoms with Crippen molar-refractivity contribution in [3.63, 3.8) is 0 Å². The molecule has 0 spiro atoms. The van der Waals surface area contributed by atoms with Gasteiger partial charge in [-0.25, -0.2) is 4.98 Å². The number of pyridine rings is 1. The van der Waals surface area contributed by atoms with Gasteiger partial charge >= 0.3 is 0 Å². The molecule has 7 nitrogen and oxygen atoms in total. The number of aromatic nitrogens is 1. The monoisotopic (exact) mass is 465 g/mol. The molecule has 6 rings (SSSR count). The van der Waals surface area contributed by atoms with Crippen molar-refractivity contribution in [3.05, 3.63) is 23.9 Å². The molecule has 5 heterocycles. The van der Waals surface area contributed by atoms with E-state index in [2.05, 4.69) is 14.7 Å². The average molecular weight is 466 g/mol. The molecule has 1 aromatic rings. The van der Waals surface area contributed by atoms with Gasteiger partial charge in [0.1, 0.15) is 5.82 Å². The molecule has 0 aromatic carbocycles. The summed E-state index contributed by atoms with van der Waals surface area (Å²) < 4.78 is 0. The summed E-state index contributed by atoms with van der Waals surface area (Å²) in [6, 6.07) is 5.15. The normalized spacial score (nSPS) is 30.9. The minimum atomic E-state index is 0.120. The van der Waals surface area contributed by atoms with E-state index < -0.39 is 0 Å². The zero-order valence-corrected chi connectivity index (χ0v) is 20.4. The van der Waals surface area contributed by atoms with Crippen LogP contribution in [0.15, 0.2) is 18.3 Å². The molecule has 2 unspecified atom stereocenters. The molecular formula is C27H39N5O2. The number of fused-ring (bicyclic) bond motifs is 4. The Morgan fingerprint density at radius 1 is 0.912 bits per heavy atom. The Hall–Kier alpha value is -2.15. The third-order valence-electron chi connectivity index (χ3n) is 9.19. The lowest BCUT2D eigenvalue weighted by molar-refractivity contribution is -0.142.